The smallest absolute Gasteiger partial charge is 0.227 e. The zero-order valence-electron chi connectivity index (χ0n) is 23.0. The van der Waals surface area contributed by atoms with E-state index < -0.39 is 15.1 Å². The summed E-state index contributed by atoms with van der Waals surface area (Å²) in [6.07, 6.45) is 2.30. The van der Waals surface area contributed by atoms with Crippen molar-refractivity contribution in [2.24, 2.45) is 0 Å². The number of likely N-dealkylation sites (N-methyl/N-ethyl adjacent to an activating group) is 1. The molecule has 1 amide bonds. The van der Waals surface area contributed by atoms with Crippen molar-refractivity contribution in [2.45, 2.75) is 24.6 Å². The van der Waals surface area contributed by atoms with E-state index in [0.29, 0.717) is 18.7 Å². The van der Waals surface area contributed by atoms with Gasteiger partial charge in [-0.25, -0.2) is 8.42 Å². The van der Waals surface area contributed by atoms with Crippen LogP contribution >= 0.6 is 0 Å². The molecule has 3 aromatic rings. The van der Waals surface area contributed by atoms with E-state index in [-0.39, 0.29) is 12.3 Å². The summed E-state index contributed by atoms with van der Waals surface area (Å²) in [6, 6.07) is 20.9. The molecular formula is C31H37N3O4S. The second kappa shape index (κ2) is 11.4. The standard InChI is InChI=1S/C31H37N3O4S/c1-32-17-19-33(20-18-32)28-13-14-29(38-2)26-15-16-34(22-27(26)28)30(35)21-23-9-11-25(12-10-23)31(39(3,36)37)24-7-5-4-6-8-24/h4-14,31H,15-22H2,1-3H3. The fourth-order valence-corrected chi connectivity index (χ4v) is 7.09. The summed E-state index contributed by atoms with van der Waals surface area (Å²) in [5.41, 5.74) is 5.91. The largest absolute Gasteiger partial charge is 0.496 e. The molecule has 2 aliphatic heterocycles. The minimum Gasteiger partial charge on any atom is -0.496 e. The van der Waals surface area contributed by atoms with Crippen molar-refractivity contribution in [3.05, 3.63) is 94.5 Å². The molecule has 0 N–H and O–H groups in total. The molecule has 3 aromatic carbocycles. The fourth-order valence-electron chi connectivity index (χ4n) is 5.79. The Morgan fingerprint density at radius 3 is 2.18 bits per heavy atom. The van der Waals surface area contributed by atoms with Crippen molar-refractivity contribution in [1.29, 1.82) is 0 Å². The first kappa shape index (κ1) is 27.2. The van der Waals surface area contributed by atoms with Gasteiger partial charge in [-0.05, 0) is 42.3 Å². The number of hydrogen-bond acceptors (Lipinski definition) is 6. The van der Waals surface area contributed by atoms with Crippen LogP contribution in [-0.4, -0.2) is 77.3 Å². The summed E-state index contributed by atoms with van der Waals surface area (Å²) in [6.45, 7) is 5.18. The number of nitrogens with zero attached hydrogens (tertiary/aromatic N) is 3. The van der Waals surface area contributed by atoms with Crippen molar-refractivity contribution in [2.75, 3.05) is 58.0 Å². The SMILES string of the molecule is COc1ccc(N2CCN(C)CC2)c2c1CCN(C(=O)Cc1ccc(C(c3ccccc3)S(C)(=O)=O)cc1)C2. The Balaban J connectivity index is 1.33. The third kappa shape index (κ3) is 5.97. The van der Waals surface area contributed by atoms with Gasteiger partial charge in [0.05, 0.1) is 13.5 Å². The van der Waals surface area contributed by atoms with E-state index >= 15 is 0 Å². The van der Waals surface area contributed by atoms with E-state index in [1.165, 1.54) is 23.1 Å². The molecule has 8 heteroatoms. The van der Waals surface area contributed by atoms with Gasteiger partial charge in [0.2, 0.25) is 5.91 Å². The molecule has 1 saturated heterocycles. The Bertz CT molecular complexity index is 1420. The summed E-state index contributed by atoms with van der Waals surface area (Å²) in [5.74, 6) is 0.965. The number of methoxy groups -OCH3 is 1. The van der Waals surface area contributed by atoms with Gasteiger partial charge in [-0.2, -0.15) is 0 Å². The lowest BCUT2D eigenvalue weighted by Gasteiger charge is -2.38. The second-order valence-electron chi connectivity index (χ2n) is 10.6. The number of carbonyl (C=O) groups is 1. The predicted molar refractivity (Wildman–Crippen MR) is 155 cm³/mol. The van der Waals surface area contributed by atoms with Crippen LogP contribution in [0.3, 0.4) is 0 Å². The molecule has 39 heavy (non-hydrogen) atoms. The first-order valence-corrected chi connectivity index (χ1v) is 15.4. The molecule has 0 spiro atoms. The lowest BCUT2D eigenvalue weighted by atomic mass is 9.95. The Morgan fingerprint density at radius 1 is 0.872 bits per heavy atom. The number of anilines is 1. The number of sulfone groups is 1. The fraction of sp³-hybridized carbons (Fsp3) is 0.387. The highest BCUT2D eigenvalue weighted by molar-refractivity contribution is 7.91. The maximum Gasteiger partial charge on any atom is 0.227 e. The molecule has 0 radical (unpaired) electrons. The monoisotopic (exact) mass is 547 g/mol. The third-order valence-corrected chi connectivity index (χ3v) is 9.33. The average molecular weight is 548 g/mol. The van der Waals surface area contributed by atoms with Crippen LogP contribution in [0.25, 0.3) is 0 Å². The highest BCUT2D eigenvalue weighted by atomic mass is 32.2. The van der Waals surface area contributed by atoms with Gasteiger partial charge < -0.3 is 19.4 Å². The number of rotatable bonds is 7. The molecule has 2 aliphatic rings. The van der Waals surface area contributed by atoms with E-state index in [1.807, 2.05) is 59.5 Å². The van der Waals surface area contributed by atoms with Gasteiger partial charge in [0.15, 0.2) is 9.84 Å². The first-order valence-electron chi connectivity index (χ1n) is 13.5. The van der Waals surface area contributed by atoms with Crippen LogP contribution in [0.15, 0.2) is 66.7 Å². The average Bonchev–Trinajstić information content (AvgIpc) is 2.93. The molecule has 2 heterocycles. The van der Waals surface area contributed by atoms with E-state index in [0.717, 1.165) is 49.5 Å². The number of piperazine rings is 1. The van der Waals surface area contributed by atoms with Crippen molar-refractivity contribution in [3.63, 3.8) is 0 Å². The molecule has 5 rings (SSSR count). The maximum absolute atomic E-state index is 13.4. The van der Waals surface area contributed by atoms with E-state index in [9.17, 15) is 13.2 Å². The predicted octanol–water partition coefficient (Wildman–Crippen LogP) is 3.71. The second-order valence-corrected chi connectivity index (χ2v) is 12.8. The zero-order valence-corrected chi connectivity index (χ0v) is 23.8. The van der Waals surface area contributed by atoms with Gasteiger partial charge in [0.25, 0.3) is 0 Å². The number of hydrogen-bond donors (Lipinski definition) is 0. The van der Waals surface area contributed by atoms with Crippen LogP contribution in [0.2, 0.25) is 0 Å². The van der Waals surface area contributed by atoms with Gasteiger partial charge in [-0.1, -0.05) is 54.6 Å². The number of fused-ring (bicyclic) bond motifs is 1. The topological polar surface area (TPSA) is 70.2 Å². The van der Waals surface area contributed by atoms with Crippen LogP contribution in [0.5, 0.6) is 5.75 Å². The Kier molecular flexibility index (Phi) is 7.96. The van der Waals surface area contributed by atoms with Crippen LogP contribution in [-0.2, 0) is 34.0 Å². The summed E-state index contributed by atoms with van der Waals surface area (Å²) in [5, 5.41) is -0.731. The van der Waals surface area contributed by atoms with Gasteiger partial charge in [0, 0.05) is 62.3 Å². The minimum atomic E-state index is -3.37. The Labute approximate surface area is 231 Å². The molecule has 1 unspecified atom stereocenters. The van der Waals surface area contributed by atoms with Crippen molar-refractivity contribution in [3.8, 4) is 5.75 Å². The molecule has 1 fully saturated rings. The van der Waals surface area contributed by atoms with Gasteiger partial charge >= 0.3 is 0 Å². The Morgan fingerprint density at radius 2 is 1.54 bits per heavy atom. The molecule has 0 aliphatic carbocycles. The zero-order chi connectivity index (χ0) is 27.6. The van der Waals surface area contributed by atoms with E-state index in [1.54, 1.807) is 7.11 Å². The quantitative estimate of drug-likeness (QED) is 0.449. The van der Waals surface area contributed by atoms with E-state index in [4.69, 9.17) is 4.74 Å². The highest BCUT2D eigenvalue weighted by Gasteiger charge is 2.29. The summed E-state index contributed by atoms with van der Waals surface area (Å²) in [4.78, 5) is 20.1. The summed E-state index contributed by atoms with van der Waals surface area (Å²) in [7, 11) is 0.490. The van der Waals surface area contributed by atoms with Crippen LogP contribution in [0, 0.1) is 0 Å². The molecule has 206 valence electrons. The van der Waals surface area contributed by atoms with Crippen LogP contribution in [0.1, 0.15) is 33.1 Å². The highest BCUT2D eigenvalue weighted by Crippen LogP contribution is 2.36. The Hall–Kier alpha value is -3.36. The molecular weight excluding hydrogens is 510 g/mol. The first-order chi connectivity index (χ1) is 18.7. The number of benzene rings is 3. The minimum absolute atomic E-state index is 0.0725. The molecule has 0 saturated carbocycles. The van der Waals surface area contributed by atoms with E-state index in [2.05, 4.69) is 29.0 Å². The lowest BCUT2D eigenvalue weighted by Crippen LogP contribution is -2.45. The molecule has 7 nitrogen and oxygen atoms in total. The number of ether oxygens (including phenoxy) is 1. The molecule has 0 bridgehead atoms. The molecule has 1 atom stereocenters. The lowest BCUT2D eigenvalue weighted by molar-refractivity contribution is -0.131. The summed E-state index contributed by atoms with van der Waals surface area (Å²) >= 11 is 0. The van der Waals surface area contributed by atoms with Crippen molar-refractivity contribution >= 4 is 21.4 Å². The van der Waals surface area contributed by atoms with Crippen molar-refractivity contribution < 1.29 is 17.9 Å². The summed E-state index contributed by atoms with van der Waals surface area (Å²) < 4.78 is 30.9. The van der Waals surface area contributed by atoms with Crippen LogP contribution < -0.4 is 9.64 Å². The van der Waals surface area contributed by atoms with Crippen molar-refractivity contribution in [1.82, 2.24) is 9.80 Å². The van der Waals surface area contributed by atoms with Gasteiger partial charge in [-0.15, -0.1) is 0 Å². The number of amides is 1. The maximum atomic E-state index is 13.4. The van der Waals surface area contributed by atoms with Gasteiger partial charge in [-0.3, -0.25) is 4.79 Å². The molecule has 0 aromatic heterocycles. The van der Waals surface area contributed by atoms with Gasteiger partial charge in [0.1, 0.15) is 11.0 Å². The number of carbonyl (C=O) groups excluding carboxylic acids is 1. The normalized spacial score (nSPS) is 17.0. The van der Waals surface area contributed by atoms with Crippen LogP contribution in [0.4, 0.5) is 5.69 Å². The third-order valence-electron chi connectivity index (χ3n) is 7.93.